The Morgan fingerprint density at radius 1 is 1.11 bits per heavy atom. The van der Waals surface area contributed by atoms with Crippen LogP contribution in [0.5, 0.6) is 5.75 Å². The van der Waals surface area contributed by atoms with Crippen molar-refractivity contribution in [3.8, 4) is 17.2 Å². The molecule has 1 atom stereocenters. The second-order valence-electron chi connectivity index (χ2n) is 6.01. The molecule has 0 saturated carbocycles. The summed E-state index contributed by atoms with van der Waals surface area (Å²) in [6.45, 7) is 1.50. The maximum atomic E-state index is 12.3. The van der Waals surface area contributed by atoms with Gasteiger partial charge < -0.3 is 19.2 Å². The molecular weight excluding hydrogens is 360 g/mol. The van der Waals surface area contributed by atoms with Gasteiger partial charge in [0.15, 0.2) is 6.10 Å². The van der Waals surface area contributed by atoms with Crippen molar-refractivity contribution in [3.63, 3.8) is 0 Å². The lowest BCUT2D eigenvalue weighted by molar-refractivity contribution is -0.152. The van der Waals surface area contributed by atoms with Crippen molar-refractivity contribution in [3.05, 3.63) is 66.6 Å². The Balaban J connectivity index is 1.56. The highest BCUT2D eigenvalue weighted by Crippen LogP contribution is 2.23. The molecule has 3 aromatic rings. The van der Waals surface area contributed by atoms with Crippen molar-refractivity contribution in [1.29, 1.82) is 0 Å². The standard InChI is InChI=1S/C21H20N2O5/c1-14(20(25)23-17-10-6-7-11-18(17)26-2)28-19(24)12-16-13-27-21(22-16)15-8-4-3-5-9-15/h3-11,13-14H,12H2,1-2H3,(H,23,25). The van der Waals surface area contributed by atoms with E-state index in [1.807, 2.05) is 30.3 Å². The molecule has 0 spiro atoms. The number of hydrogen-bond acceptors (Lipinski definition) is 6. The summed E-state index contributed by atoms with van der Waals surface area (Å²) in [5.74, 6) is -0.0886. The Kier molecular flexibility index (Phi) is 6.06. The number of amides is 1. The Morgan fingerprint density at radius 3 is 2.57 bits per heavy atom. The van der Waals surface area contributed by atoms with Gasteiger partial charge in [0.05, 0.1) is 24.9 Å². The molecule has 1 heterocycles. The van der Waals surface area contributed by atoms with E-state index >= 15 is 0 Å². The molecule has 0 aliphatic rings. The van der Waals surface area contributed by atoms with Crippen molar-refractivity contribution >= 4 is 17.6 Å². The molecule has 28 heavy (non-hydrogen) atoms. The van der Waals surface area contributed by atoms with Crippen LogP contribution in [0.25, 0.3) is 11.5 Å². The zero-order valence-electron chi connectivity index (χ0n) is 15.5. The van der Waals surface area contributed by atoms with E-state index in [0.717, 1.165) is 5.56 Å². The molecule has 0 saturated heterocycles. The van der Waals surface area contributed by atoms with Crippen LogP contribution in [0.3, 0.4) is 0 Å². The van der Waals surface area contributed by atoms with Crippen LogP contribution in [-0.4, -0.2) is 30.1 Å². The minimum absolute atomic E-state index is 0.0946. The Labute approximate surface area is 162 Å². The smallest absolute Gasteiger partial charge is 0.312 e. The van der Waals surface area contributed by atoms with Gasteiger partial charge in [-0.25, -0.2) is 4.98 Å². The van der Waals surface area contributed by atoms with E-state index in [2.05, 4.69) is 10.3 Å². The highest BCUT2D eigenvalue weighted by molar-refractivity contribution is 5.96. The maximum Gasteiger partial charge on any atom is 0.312 e. The van der Waals surface area contributed by atoms with Gasteiger partial charge in [0.2, 0.25) is 5.89 Å². The molecule has 7 heteroatoms. The number of nitrogens with zero attached hydrogens (tertiary/aromatic N) is 1. The fraction of sp³-hybridized carbons (Fsp3) is 0.190. The summed E-state index contributed by atoms with van der Waals surface area (Å²) in [6.07, 6.45) is 0.337. The van der Waals surface area contributed by atoms with Crippen molar-refractivity contribution < 1.29 is 23.5 Å². The molecule has 0 fully saturated rings. The third kappa shape index (κ3) is 4.76. The van der Waals surface area contributed by atoms with Gasteiger partial charge in [0.1, 0.15) is 12.0 Å². The van der Waals surface area contributed by atoms with Gasteiger partial charge in [-0.05, 0) is 31.2 Å². The molecule has 0 radical (unpaired) electrons. The lowest BCUT2D eigenvalue weighted by atomic mass is 10.2. The zero-order chi connectivity index (χ0) is 19.9. The molecule has 1 N–H and O–H groups in total. The number of nitrogens with one attached hydrogen (secondary N) is 1. The second-order valence-corrected chi connectivity index (χ2v) is 6.01. The minimum atomic E-state index is -0.974. The van der Waals surface area contributed by atoms with E-state index in [0.29, 0.717) is 23.0 Å². The molecule has 0 aliphatic heterocycles. The molecule has 0 aliphatic carbocycles. The summed E-state index contributed by atoms with van der Waals surface area (Å²) >= 11 is 0. The molecule has 3 rings (SSSR count). The quantitative estimate of drug-likeness (QED) is 0.631. The molecule has 1 amide bonds. The summed E-state index contributed by atoms with van der Waals surface area (Å²) < 4.78 is 15.8. The Bertz CT molecular complexity index is 952. The number of hydrogen-bond donors (Lipinski definition) is 1. The maximum absolute atomic E-state index is 12.3. The molecule has 1 unspecified atom stereocenters. The van der Waals surface area contributed by atoms with Gasteiger partial charge in [-0.3, -0.25) is 9.59 Å². The third-order valence-electron chi connectivity index (χ3n) is 3.94. The van der Waals surface area contributed by atoms with E-state index in [-0.39, 0.29) is 6.42 Å². The fourth-order valence-electron chi connectivity index (χ4n) is 2.52. The highest BCUT2D eigenvalue weighted by Gasteiger charge is 2.20. The molecule has 144 valence electrons. The topological polar surface area (TPSA) is 90.7 Å². The lowest BCUT2D eigenvalue weighted by Crippen LogP contribution is -2.30. The first-order chi connectivity index (χ1) is 13.6. The second kappa shape index (κ2) is 8.85. The van der Waals surface area contributed by atoms with E-state index in [9.17, 15) is 9.59 Å². The number of rotatable bonds is 7. The number of carbonyl (C=O) groups is 2. The number of aromatic nitrogens is 1. The summed E-state index contributed by atoms with van der Waals surface area (Å²) in [7, 11) is 1.51. The molecule has 2 aromatic carbocycles. The number of methoxy groups -OCH3 is 1. The normalized spacial score (nSPS) is 11.5. The predicted octanol–water partition coefficient (Wildman–Crippen LogP) is 3.46. The number of carbonyl (C=O) groups excluding carboxylic acids is 2. The first kappa shape index (κ1) is 19.2. The highest BCUT2D eigenvalue weighted by atomic mass is 16.5. The van der Waals surface area contributed by atoms with Crippen molar-refractivity contribution in [2.45, 2.75) is 19.4 Å². The van der Waals surface area contributed by atoms with Crippen LogP contribution < -0.4 is 10.1 Å². The van der Waals surface area contributed by atoms with Gasteiger partial charge in [0, 0.05) is 5.56 Å². The SMILES string of the molecule is COc1ccccc1NC(=O)C(C)OC(=O)Cc1coc(-c2ccccc2)n1. The number of para-hydroxylation sites is 2. The van der Waals surface area contributed by atoms with E-state index in [4.69, 9.17) is 13.9 Å². The van der Waals surface area contributed by atoms with Crippen molar-refractivity contribution in [1.82, 2.24) is 4.98 Å². The van der Waals surface area contributed by atoms with Gasteiger partial charge in [0.25, 0.3) is 5.91 Å². The summed E-state index contributed by atoms with van der Waals surface area (Å²) in [5, 5.41) is 2.68. The first-order valence-electron chi connectivity index (χ1n) is 8.70. The third-order valence-corrected chi connectivity index (χ3v) is 3.94. The van der Waals surface area contributed by atoms with Crippen molar-refractivity contribution in [2.24, 2.45) is 0 Å². The molecule has 0 bridgehead atoms. The average molecular weight is 380 g/mol. The molecular formula is C21H20N2O5. The van der Waals surface area contributed by atoms with Gasteiger partial charge in [-0.2, -0.15) is 0 Å². The number of anilines is 1. The molecule has 1 aromatic heterocycles. The number of esters is 1. The molecule has 7 nitrogen and oxygen atoms in total. The van der Waals surface area contributed by atoms with Crippen LogP contribution in [0.15, 0.2) is 65.3 Å². The van der Waals surface area contributed by atoms with Gasteiger partial charge >= 0.3 is 5.97 Å². The largest absolute Gasteiger partial charge is 0.495 e. The zero-order valence-corrected chi connectivity index (χ0v) is 15.5. The Morgan fingerprint density at radius 2 is 1.82 bits per heavy atom. The average Bonchev–Trinajstić information content (AvgIpc) is 3.17. The van der Waals surface area contributed by atoms with Crippen LogP contribution in [-0.2, 0) is 20.7 Å². The van der Waals surface area contributed by atoms with Crippen LogP contribution >= 0.6 is 0 Å². The number of benzene rings is 2. The van der Waals surface area contributed by atoms with E-state index in [1.54, 1.807) is 24.3 Å². The lowest BCUT2D eigenvalue weighted by Gasteiger charge is -2.14. The summed E-state index contributed by atoms with van der Waals surface area (Å²) in [4.78, 5) is 28.7. The summed E-state index contributed by atoms with van der Waals surface area (Å²) in [6, 6.07) is 16.3. The Hall–Kier alpha value is -3.61. The van der Waals surface area contributed by atoms with E-state index in [1.165, 1.54) is 20.3 Å². The van der Waals surface area contributed by atoms with Crippen LogP contribution in [0.4, 0.5) is 5.69 Å². The number of ether oxygens (including phenoxy) is 2. The predicted molar refractivity (Wildman–Crippen MR) is 103 cm³/mol. The van der Waals surface area contributed by atoms with Gasteiger partial charge in [-0.1, -0.05) is 30.3 Å². The minimum Gasteiger partial charge on any atom is -0.495 e. The fourth-order valence-corrected chi connectivity index (χ4v) is 2.52. The van der Waals surface area contributed by atoms with Crippen LogP contribution in [0.2, 0.25) is 0 Å². The van der Waals surface area contributed by atoms with Crippen molar-refractivity contribution in [2.75, 3.05) is 12.4 Å². The summed E-state index contributed by atoms with van der Waals surface area (Å²) in [5.41, 5.74) is 1.75. The van der Waals surface area contributed by atoms with Crippen LogP contribution in [0, 0.1) is 0 Å². The van der Waals surface area contributed by atoms with Gasteiger partial charge in [-0.15, -0.1) is 0 Å². The number of oxazole rings is 1. The van der Waals surface area contributed by atoms with E-state index < -0.39 is 18.0 Å². The monoisotopic (exact) mass is 380 g/mol. The van der Waals surface area contributed by atoms with Crippen LogP contribution in [0.1, 0.15) is 12.6 Å². The first-order valence-corrected chi connectivity index (χ1v) is 8.70.